The van der Waals surface area contributed by atoms with Crippen LogP contribution < -0.4 is 5.32 Å². The predicted molar refractivity (Wildman–Crippen MR) is 103 cm³/mol. The summed E-state index contributed by atoms with van der Waals surface area (Å²) in [4.78, 5) is 17.4. The van der Waals surface area contributed by atoms with E-state index in [0.29, 0.717) is 5.39 Å². The molecule has 0 saturated heterocycles. The molecule has 132 valence electrons. The first-order chi connectivity index (χ1) is 12.7. The summed E-state index contributed by atoms with van der Waals surface area (Å²) in [6.45, 7) is 5.25. The monoisotopic (exact) mass is 348 g/mol. The molecule has 6 nitrogen and oxygen atoms in total. The van der Waals surface area contributed by atoms with Crippen molar-refractivity contribution < 1.29 is 4.92 Å². The smallest absolute Gasteiger partial charge is 0.278 e. The molecule has 1 aliphatic heterocycles. The van der Waals surface area contributed by atoms with E-state index in [1.54, 1.807) is 24.5 Å². The van der Waals surface area contributed by atoms with Crippen LogP contribution in [-0.2, 0) is 13.0 Å². The summed E-state index contributed by atoms with van der Waals surface area (Å²) in [5.41, 5.74) is 4.69. The number of nitrogens with zero attached hydrogens (tertiary/aromatic N) is 3. The van der Waals surface area contributed by atoms with Crippen molar-refractivity contribution in [1.29, 1.82) is 0 Å². The van der Waals surface area contributed by atoms with Gasteiger partial charge in [0.05, 0.1) is 10.3 Å². The number of hydrogen-bond acceptors (Lipinski definition) is 5. The van der Waals surface area contributed by atoms with E-state index >= 15 is 0 Å². The van der Waals surface area contributed by atoms with Gasteiger partial charge < -0.3 is 5.32 Å². The van der Waals surface area contributed by atoms with Gasteiger partial charge in [0.25, 0.3) is 5.69 Å². The SMILES string of the molecule is CCN1CCc2c(cccc2Nc2ccc([N+](=O)[O-])c3cnccc23)C1. The molecule has 3 aromatic rings. The molecule has 1 aliphatic rings. The van der Waals surface area contributed by atoms with Crippen molar-refractivity contribution >= 4 is 27.8 Å². The summed E-state index contributed by atoms with van der Waals surface area (Å²) in [7, 11) is 0. The maximum Gasteiger partial charge on any atom is 0.278 e. The van der Waals surface area contributed by atoms with E-state index < -0.39 is 0 Å². The average Bonchev–Trinajstić information content (AvgIpc) is 2.67. The van der Waals surface area contributed by atoms with E-state index in [9.17, 15) is 10.1 Å². The van der Waals surface area contributed by atoms with E-state index in [4.69, 9.17) is 0 Å². The highest BCUT2D eigenvalue weighted by atomic mass is 16.6. The predicted octanol–water partition coefficient (Wildman–Crippen LogP) is 4.26. The number of pyridine rings is 1. The molecule has 26 heavy (non-hydrogen) atoms. The standard InChI is InChI=1S/C20H20N4O2/c1-2-23-11-9-15-14(13-23)4-3-5-18(15)22-19-6-7-20(24(25)26)17-12-21-10-8-16(17)19/h3-8,10,12,22H,2,9,11,13H2,1H3. The number of anilines is 2. The third kappa shape index (κ3) is 2.88. The minimum absolute atomic E-state index is 0.0762. The zero-order chi connectivity index (χ0) is 18.1. The van der Waals surface area contributed by atoms with Crippen LogP contribution in [0.4, 0.5) is 17.1 Å². The van der Waals surface area contributed by atoms with Gasteiger partial charge in [-0.3, -0.25) is 20.0 Å². The minimum atomic E-state index is -0.364. The molecular weight excluding hydrogens is 328 g/mol. The number of rotatable bonds is 4. The van der Waals surface area contributed by atoms with Crippen LogP contribution in [0.2, 0.25) is 0 Å². The van der Waals surface area contributed by atoms with Crippen LogP contribution >= 0.6 is 0 Å². The second-order valence-corrected chi connectivity index (χ2v) is 6.50. The Morgan fingerprint density at radius 1 is 1.19 bits per heavy atom. The van der Waals surface area contributed by atoms with E-state index in [1.165, 1.54) is 11.1 Å². The molecule has 0 spiro atoms. The molecule has 2 aromatic carbocycles. The number of fused-ring (bicyclic) bond motifs is 2. The first-order valence-corrected chi connectivity index (χ1v) is 8.78. The van der Waals surface area contributed by atoms with Crippen LogP contribution in [0.5, 0.6) is 0 Å². The van der Waals surface area contributed by atoms with Crippen molar-refractivity contribution in [3.63, 3.8) is 0 Å². The fourth-order valence-electron chi connectivity index (χ4n) is 3.64. The van der Waals surface area contributed by atoms with E-state index in [1.807, 2.05) is 6.07 Å². The molecule has 0 bridgehead atoms. The zero-order valence-electron chi connectivity index (χ0n) is 14.6. The van der Waals surface area contributed by atoms with Gasteiger partial charge >= 0.3 is 0 Å². The average molecular weight is 348 g/mol. The Balaban J connectivity index is 1.76. The molecule has 6 heteroatoms. The summed E-state index contributed by atoms with van der Waals surface area (Å²) < 4.78 is 0. The van der Waals surface area contributed by atoms with Gasteiger partial charge in [0.2, 0.25) is 0 Å². The number of aromatic nitrogens is 1. The Morgan fingerprint density at radius 2 is 2.08 bits per heavy atom. The first-order valence-electron chi connectivity index (χ1n) is 8.78. The molecule has 0 unspecified atom stereocenters. The van der Waals surface area contributed by atoms with Gasteiger partial charge in [0, 0.05) is 48.3 Å². The van der Waals surface area contributed by atoms with Crippen LogP contribution in [0.3, 0.4) is 0 Å². The van der Waals surface area contributed by atoms with Crippen molar-refractivity contribution in [2.75, 3.05) is 18.4 Å². The Morgan fingerprint density at radius 3 is 2.88 bits per heavy atom. The van der Waals surface area contributed by atoms with Crippen molar-refractivity contribution in [3.8, 4) is 0 Å². The lowest BCUT2D eigenvalue weighted by atomic mass is 9.97. The van der Waals surface area contributed by atoms with Gasteiger partial charge in [-0.05, 0) is 42.3 Å². The fraction of sp³-hybridized carbons (Fsp3) is 0.250. The maximum atomic E-state index is 11.3. The number of benzene rings is 2. The topological polar surface area (TPSA) is 71.3 Å². The second kappa shape index (κ2) is 6.72. The lowest BCUT2D eigenvalue weighted by Gasteiger charge is -2.29. The van der Waals surface area contributed by atoms with E-state index in [2.05, 4.69) is 40.3 Å². The van der Waals surface area contributed by atoms with Crippen molar-refractivity contribution in [3.05, 3.63) is 70.0 Å². The number of nitro groups is 1. The van der Waals surface area contributed by atoms with Crippen LogP contribution in [0.25, 0.3) is 10.8 Å². The Hall–Kier alpha value is -2.99. The van der Waals surface area contributed by atoms with Crippen LogP contribution in [0.1, 0.15) is 18.1 Å². The Bertz CT molecular complexity index is 987. The highest BCUT2D eigenvalue weighted by molar-refractivity contribution is 6.00. The molecule has 0 amide bonds. The molecule has 0 radical (unpaired) electrons. The second-order valence-electron chi connectivity index (χ2n) is 6.50. The lowest BCUT2D eigenvalue weighted by Crippen LogP contribution is -2.30. The van der Waals surface area contributed by atoms with E-state index in [0.717, 1.165) is 42.8 Å². The quantitative estimate of drug-likeness (QED) is 0.563. The van der Waals surface area contributed by atoms with Crippen LogP contribution in [-0.4, -0.2) is 27.9 Å². The molecule has 1 N–H and O–H groups in total. The number of hydrogen-bond donors (Lipinski definition) is 1. The normalized spacial score (nSPS) is 14.2. The summed E-state index contributed by atoms with van der Waals surface area (Å²) in [6.07, 6.45) is 4.22. The van der Waals surface area contributed by atoms with Crippen LogP contribution in [0, 0.1) is 10.1 Å². The largest absolute Gasteiger partial charge is 0.355 e. The third-order valence-corrected chi connectivity index (χ3v) is 5.05. The van der Waals surface area contributed by atoms with Gasteiger partial charge in [0.1, 0.15) is 0 Å². The van der Waals surface area contributed by atoms with E-state index in [-0.39, 0.29) is 10.6 Å². The first kappa shape index (κ1) is 16.5. The molecule has 0 aliphatic carbocycles. The van der Waals surface area contributed by atoms with Gasteiger partial charge in [-0.25, -0.2) is 0 Å². The summed E-state index contributed by atoms with van der Waals surface area (Å²) in [5, 5.41) is 16.1. The molecule has 4 rings (SSSR count). The number of nitro benzene ring substituents is 1. The Kier molecular flexibility index (Phi) is 4.26. The maximum absolute atomic E-state index is 11.3. The third-order valence-electron chi connectivity index (χ3n) is 5.05. The highest BCUT2D eigenvalue weighted by Crippen LogP contribution is 2.34. The molecule has 0 atom stereocenters. The minimum Gasteiger partial charge on any atom is -0.355 e. The molecular formula is C20H20N4O2. The van der Waals surface area contributed by atoms with Crippen molar-refractivity contribution in [2.24, 2.45) is 0 Å². The van der Waals surface area contributed by atoms with Crippen molar-refractivity contribution in [2.45, 2.75) is 19.9 Å². The van der Waals surface area contributed by atoms with Crippen molar-refractivity contribution in [1.82, 2.24) is 9.88 Å². The van der Waals surface area contributed by atoms with Gasteiger partial charge in [0.15, 0.2) is 0 Å². The number of likely N-dealkylation sites (N-methyl/N-ethyl adjacent to an activating group) is 1. The summed E-state index contributed by atoms with van der Waals surface area (Å²) >= 11 is 0. The fourth-order valence-corrected chi connectivity index (χ4v) is 3.64. The number of non-ortho nitro benzene ring substituents is 1. The lowest BCUT2D eigenvalue weighted by molar-refractivity contribution is -0.383. The molecule has 0 fully saturated rings. The number of nitrogens with one attached hydrogen (secondary N) is 1. The molecule has 2 heterocycles. The van der Waals surface area contributed by atoms with Gasteiger partial charge in [-0.1, -0.05) is 19.1 Å². The highest BCUT2D eigenvalue weighted by Gasteiger charge is 2.19. The molecule has 1 aromatic heterocycles. The zero-order valence-corrected chi connectivity index (χ0v) is 14.6. The summed E-state index contributed by atoms with van der Waals surface area (Å²) in [5.74, 6) is 0. The van der Waals surface area contributed by atoms with Crippen LogP contribution in [0.15, 0.2) is 48.8 Å². The Labute approximate surface area is 151 Å². The summed E-state index contributed by atoms with van der Waals surface area (Å²) in [6, 6.07) is 11.5. The van der Waals surface area contributed by atoms with Gasteiger partial charge in [-0.2, -0.15) is 0 Å². The van der Waals surface area contributed by atoms with Gasteiger partial charge in [-0.15, -0.1) is 0 Å². The molecule has 0 saturated carbocycles.